The predicted octanol–water partition coefficient (Wildman–Crippen LogP) is 15.5. The van der Waals surface area contributed by atoms with E-state index in [9.17, 15) is 21.0 Å². The molecule has 4 aromatic carbocycles. The Labute approximate surface area is 472 Å². The summed E-state index contributed by atoms with van der Waals surface area (Å²) in [5.74, 6) is 1.85. The third-order valence-electron chi connectivity index (χ3n) is 14.7. The van der Waals surface area contributed by atoms with Gasteiger partial charge in [0.25, 0.3) is 11.8 Å². The molecule has 0 aliphatic carbocycles. The molecule has 2 atom stereocenters. The summed E-state index contributed by atoms with van der Waals surface area (Å²) in [4.78, 5) is 39.9. The number of hydrogen-bond donors (Lipinski definition) is 0. The molecule has 79 heavy (non-hydrogen) atoms. The maximum Gasteiger partial charge on any atom is 0.261 e. The number of nitriles is 4. The predicted molar refractivity (Wildman–Crippen MR) is 315 cm³/mol. The third kappa shape index (κ3) is 11.8. The van der Waals surface area contributed by atoms with Gasteiger partial charge in [-0.3, -0.25) is 9.59 Å². The fraction of sp³-hybridized carbons (Fsp3) is 0.292. The van der Waals surface area contributed by atoms with Gasteiger partial charge in [-0.1, -0.05) is 90.5 Å². The number of anilines is 3. The van der Waals surface area contributed by atoms with Gasteiger partial charge >= 0.3 is 0 Å². The number of rotatable bonds is 24. The van der Waals surface area contributed by atoms with Gasteiger partial charge in [0.15, 0.2) is 0 Å². The normalized spacial score (nSPS) is 13.5. The van der Waals surface area contributed by atoms with Crippen LogP contribution in [0.2, 0.25) is 0 Å². The minimum Gasteiger partial charge on any atom is -0.497 e. The maximum atomic E-state index is 15.7. The number of amides is 2. The van der Waals surface area contributed by atoms with Gasteiger partial charge in [-0.15, -0.1) is 22.7 Å². The van der Waals surface area contributed by atoms with Gasteiger partial charge in [-0.2, -0.15) is 21.0 Å². The molecule has 2 unspecified atom stereocenters. The molecule has 4 heterocycles. The van der Waals surface area contributed by atoms with E-state index in [2.05, 4.69) is 62.9 Å². The Kier molecular flexibility index (Phi) is 18.7. The fourth-order valence-corrected chi connectivity index (χ4v) is 12.5. The molecule has 400 valence electrons. The lowest BCUT2D eigenvalue weighted by Crippen LogP contribution is -2.34. The number of methoxy groups -OCH3 is 3. The molecule has 2 aromatic heterocycles. The first-order chi connectivity index (χ1) is 38.5. The Hall–Kier alpha value is -8.66. The number of thiophene rings is 2. The van der Waals surface area contributed by atoms with Crippen molar-refractivity contribution in [3.63, 3.8) is 0 Å². The summed E-state index contributed by atoms with van der Waals surface area (Å²) >= 11 is 2.76. The molecule has 0 bridgehead atoms. The van der Waals surface area contributed by atoms with Crippen LogP contribution in [0, 0.1) is 57.2 Å². The monoisotopic (exact) mass is 1090 g/mol. The maximum absolute atomic E-state index is 15.7. The van der Waals surface area contributed by atoms with Gasteiger partial charge < -0.3 is 28.9 Å². The summed E-state index contributed by atoms with van der Waals surface area (Å²) in [6.45, 7) is 9.40. The van der Waals surface area contributed by atoms with Crippen molar-refractivity contribution in [3.8, 4) is 52.0 Å². The van der Waals surface area contributed by atoms with Crippen LogP contribution < -0.4 is 19.1 Å². The zero-order valence-corrected chi connectivity index (χ0v) is 47.4. The number of ether oxygens (including phenoxy) is 3. The summed E-state index contributed by atoms with van der Waals surface area (Å²) in [6.07, 6.45) is 7.47. The largest absolute Gasteiger partial charge is 0.497 e. The molecule has 0 radical (unpaired) electrons. The number of unbranched alkanes of at least 4 members (excludes halogenated alkanes) is 2. The molecule has 0 fully saturated rings. The van der Waals surface area contributed by atoms with Crippen LogP contribution in [0.25, 0.3) is 33.0 Å². The van der Waals surface area contributed by atoms with Crippen LogP contribution in [0.3, 0.4) is 0 Å². The SMILES string of the molecule is CCCCC(CC)CN1C(=O)C2=C(c3ccc(-c4ccc(N(c5ccc(OC)cc5)c5ccc(OC)cc5)cc4)s3)N(CC(CC)CCCC)C(=O)C2=C1c1ccc(C(=C(C#N)C#N)C(=C(C#N)C#N)c2ccc(OC)cc2)s1. The molecular formula is C65H63N7O5S2. The zero-order valence-electron chi connectivity index (χ0n) is 45.8. The number of nitrogens with zero attached hydrogens (tertiary/aromatic N) is 7. The van der Waals surface area contributed by atoms with Crippen LogP contribution in [-0.4, -0.2) is 56.0 Å². The van der Waals surface area contributed by atoms with Crippen molar-refractivity contribution in [2.24, 2.45) is 11.8 Å². The molecular weight excluding hydrogens is 1020 g/mol. The Morgan fingerprint density at radius 3 is 1.32 bits per heavy atom. The number of carbonyl (C=O) groups excluding carboxylic acids is 2. The van der Waals surface area contributed by atoms with Crippen molar-refractivity contribution in [1.82, 2.24) is 9.80 Å². The van der Waals surface area contributed by atoms with Crippen LogP contribution in [0.15, 0.2) is 144 Å². The van der Waals surface area contributed by atoms with Gasteiger partial charge in [0.05, 0.1) is 53.6 Å². The average molecular weight is 1090 g/mol. The fourth-order valence-electron chi connectivity index (χ4n) is 10.3. The Morgan fingerprint density at radius 2 is 0.899 bits per heavy atom. The smallest absolute Gasteiger partial charge is 0.261 e. The summed E-state index contributed by atoms with van der Waals surface area (Å²) in [5.41, 5.74) is 5.62. The Bertz CT molecular complexity index is 3420. The number of benzene rings is 4. The Balaban J connectivity index is 1.29. The van der Waals surface area contributed by atoms with E-state index in [1.54, 1.807) is 60.8 Å². The van der Waals surface area contributed by atoms with Crippen LogP contribution >= 0.6 is 22.7 Å². The van der Waals surface area contributed by atoms with Gasteiger partial charge in [0, 0.05) is 51.1 Å². The van der Waals surface area contributed by atoms with E-state index < -0.39 is 0 Å². The van der Waals surface area contributed by atoms with E-state index in [4.69, 9.17) is 14.2 Å². The lowest BCUT2D eigenvalue weighted by atomic mass is 9.89. The molecule has 0 N–H and O–H groups in total. The van der Waals surface area contributed by atoms with E-state index in [-0.39, 0.29) is 45.9 Å². The molecule has 0 saturated heterocycles. The lowest BCUT2D eigenvalue weighted by Gasteiger charge is -2.29. The average Bonchev–Trinajstić information content (AvgIpc) is 4.38. The van der Waals surface area contributed by atoms with Crippen LogP contribution in [0.4, 0.5) is 17.1 Å². The van der Waals surface area contributed by atoms with Gasteiger partial charge in [0.1, 0.15) is 52.7 Å². The topological polar surface area (TPSA) is 167 Å². The highest BCUT2D eigenvalue weighted by molar-refractivity contribution is 7.16. The molecule has 8 rings (SSSR count). The molecule has 0 spiro atoms. The van der Waals surface area contributed by atoms with Crippen LogP contribution in [0.5, 0.6) is 17.2 Å². The highest BCUT2D eigenvalue weighted by atomic mass is 32.1. The highest BCUT2D eigenvalue weighted by Crippen LogP contribution is 2.52. The number of carbonyl (C=O) groups is 2. The highest BCUT2D eigenvalue weighted by Gasteiger charge is 2.50. The number of hydrogen-bond acceptors (Lipinski definition) is 12. The summed E-state index contributed by atoms with van der Waals surface area (Å²) in [6, 6.07) is 46.6. The summed E-state index contributed by atoms with van der Waals surface area (Å²) in [5, 5.41) is 41.7. The number of allylic oxidation sites excluding steroid dienone is 4. The van der Waals surface area contributed by atoms with Crippen LogP contribution in [0.1, 0.15) is 99.3 Å². The Morgan fingerprint density at radius 1 is 0.506 bits per heavy atom. The second-order valence-electron chi connectivity index (χ2n) is 19.4. The minimum atomic E-state index is -0.302. The van der Waals surface area contributed by atoms with E-state index in [0.29, 0.717) is 56.7 Å². The zero-order chi connectivity index (χ0) is 56.2. The van der Waals surface area contributed by atoms with Crippen molar-refractivity contribution < 1.29 is 23.8 Å². The summed E-state index contributed by atoms with van der Waals surface area (Å²) < 4.78 is 16.3. The number of fused-ring (bicyclic) bond motifs is 1. The van der Waals surface area contributed by atoms with Crippen LogP contribution in [-0.2, 0) is 9.59 Å². The molecule has 14 heteroatoms. The second-order valence-corrected chi connectivity index (χ2v) is 21.6. The molecule has 12 nitrogen and oxygen atoms in total. The quantitative estimate of drug-likeness (QED) is 0.0420. The molecule has 2 amide bonds. The van der Waals surface area contributed by atoms with Gasteiger partial charge in [0.2, 0.25) is 0 Å². The van der Waals surface area contributed by atoms with Crippen molar-refractivity contribution in [2.45, 2.75) is 79.1 Å². The first kappa shape index (κ1) is 56.5. The van der Waals surface area contributed by atoms with Crippen molar-refractivity contribution in [3.05, 3.63) is 164 Å². The van der Waals surface area contributed by atoms with E-state index in [0.717, 1.165) is 95.2 Å². The van der Waals surface area contributed by atoms with Crippen molar-refractivity contribution in [2.75, 3.05) is 39.3 Å². The van der Waals surface area contributed by atoms with Crippen molar-refractivity contribution >= 4 is 74.1 Å². The molecule has 2 aliphatic rings. The lowest BCUT2D eigenvalue weighted by molar-refractivity contribution is -0.124. The van der Waals surface area contributed by atoms with E-state index in [1.807, 2.05) is 89.8 Å². The minimum absolute atomic E-state index is 0.103. The molecule has 2 aliphatic heterocycles. The van der Waals surface area contributed by atoms with E-state index >= 15 is 9.59 Å². The molecule has 6 aromatic rings. The second kappa shape index (κ2) is 26.1. The third-order valence-corrected chi connectivity index (χ3v) is 17.0. The van der Waals surface area contributed by atoms with E-state index in [1.165, 1.54) is 18.4 Å². The summed E-state index contributed by atoms with van der Waals surface area (Å²) in [7, 11) is 4.83. The first-order valence-electron chi connectivity index (χ1n) is 26.8. The molecule has 0 saturated carbocycles. The van der Waals surface area contributed by atoms with Crippen molar-refractivity contribution in [1.29, 1.82) is 21.0 Å². The van der Waals surface area contributed by atoms with Gasteiger partial charge in [-0.25, -0.2) is 0 Å². The standard InChI is InChI=1S/C65H63N7O5S2/c1-8-12-14-42(10-3)40-70-62(56-34-32-54(78-56)44-16-20-48(21-17-44)72(49-22-28-52(76-6)29-23-49)50-24-30-53(77-7)31-25-50)60-61(65(70)74)63(71(64(60)73)41-43(11-4)15-13-9-2)57-35-33-55(79-57)59(47(38-68)39-69)58(46(36-66)37-67)45-18-26-51(75-5)27-19-45/h16-35,42-43H,8-15,40-41H2,1-7H3. The van der Waals surface area contributed by atoms with Gasteiger partial charge in [-0.05, 0) is 133 Å². The first-order valence-corrected chi connectivity index (χ1v) is 28.4.